The van der Waals surface area contributed by atoms with Crippen LogP contribution in [0.5, 0.6) is 5.75 Å². The lowest BCUT2D eigenvalue weighted by Crippen LogP contribution is -2.29. The van der Waals surface area contributed by atoms with Crippen LogP contribution in [0.1, 0.15) is 25.3 Å². The van der Waals surface area contributed by atoms with Crippen molar-refractivity contribution in [2.45, 2.75) is 33.0 Å². The molecule has 0 radical (unpaired) electrons. The van der Waals surface area contributed by atoms with E-state index in [1.807, 2.05) is 30.3 Å². The Balaban J connectivity index is 1.77. The van der Waals surface area contributed by atoms with Crippen LogP contribution in [0.2, 0.25) is 0 Å². The van der Waals surface area contributed by atoms with Crippen LogP contribution < -0.4 is 4.74 Å². The van der Waals surface area contributed by atoms with Crippen molar-refractivity contribution in [2.24, 2.45) is 0 Å². The zero-order valence-corrected chi connectivity index (χ0v) is 14.8. The molecule has 3 rings (SSSR count). The van der Waals surface area contributed by atoms with Gasteiger partial charge < -0.3 is 9.15 Å². The van der Waals surface area contributed by atoms with Crippen LogP contribution in [0.25, 0.3) is 11.5 Å². The molecule has 5 heteroatoms. The van der Waals surface area contributed by atoms with Gasteiger partial charge in [0.05, 0.1) is 19.2 Å². The molecule has 1 aromatic heterocycles. The fraction of sp³-hybridized carbons (Fsp3) is 0.300. The van der Waals surface area contributed by atoms with Crippen LogP contribution in [0, 0.1) is 0 Å². The zero-order valence-electron chi connectivity index (χ0n) is 14.8. The number of para-hydroxylation sites is 1. The SMILES string of the molecule is COc1ccccc1-c1nnc(CN(Cc2ccccc2)C(C)C)o1. The first-order valence-electron chi connectivity index (χ1n) is 8.41. The van der Waals surface area contributed by atoms with Gasteiger partial charge in [-0.1, -0.05) is 42.5 Å². The molecule has 0 aliphatic carbocycles. The van der Waals surface area contributed by atoms with E-state index in [1.165, 1.54) is 5.56 Å². The molecule has 3 aromatic rings. The molecule has 0 saturated heterocycles. The minimum Gasteiger partial charge on any atom is -0.496 e. The van der Waals surface area contributed by atoms with Gasteiger partial charge in [-0.2, -0.15) is 0 Å². The Bertz CT molecular complexity index is 799. The number of benzene rings is 2. The summed E-state index contributed by atoms with van der Waals surface area (Å²) in [6.45, 7) is 5.78. The van der Waals surface area contributed by atoms with Gasteiger partial charge in [-0.05, 0) is 31.5 Å². The van der Waals surface area contributed by atoms with Crippen molar-refractivity contribution in [2.75, 3.05) is 7.11 Å². The number of rotatable bonds is 7. The first kappa shape index (κ1) is 17.2. The standard InChI is InChI=1S/C20H23N3O2/c1-15(2)23(13-16-9-5-4-6-10-16)14-19-21-22-20(25-19)17-11-7-8-12-18(17)24-3/h4-12,15H,13-14H2,1-3H3. The molecule has 25 heavy (non-hydrogen) atoms. The summed E-state index contributed by atoms with van der Waals surface area (Å²) in [5, 5.41) is 8.41. The Hall–Kier alpha value is -2.66. The number of hydrogen-bond donors (Lipinski definition) is 0. The van der Waals surface area contributed by atoms with Crippen LogP contribution in [0.3, 0.4) is 0 Å². The van der Waals surface area contributed by atoms with E-state index in [4.69, 9.17) is 9.15 Å². The van der Waals surface area contributed by atoms with Gasteiger partial charge in [-0.25, -0.2) is 0 Å². The molecule has 0 amide bonds. The van der Waals surface area contributed by atoms with Crippen LogP contribution in [0.4, 0.5) is 0 Å². The average molecular weight is 337 g/mol. The highest BCUT2D eigenvalue weighted by molar-refractivity contribution is 5.62. The summed E-state index contributed by atoms with van der Waals surface area (Å²) in [6, 6.07) is 18.4. The van der Waals surface area contributed by atoms with E-state index < -0.39 is 0 Å². The van der Waals surface area contributed by atoms with E-state index in [2.05, 4.69) is 53.2 Å². The third-order valence-corrected chi connectivity index (χ3v) is 4.10. The predicted octanol–water partition coefficient (Wildman–Crippen LogP) is 4.16. The Morgan fingerprint density at radius 3 is 2.40 bits per heavy atom. The van der Waals surface area contributed by atoms with Gasteiger partial charge in [0.25, 0.3) is 5.89 Å². The maximum atomic E-state index is 5.89. The number of nitrogens with zero attached hydrogens (tertiary/aromatic N) is 3. The molecule has 2 aromatic carbocycles. The molecule has 0 N–H and O–H groups in total. The highest BCUT2D eigenvalue weighted by Gasteiger charge is 2.17. The molecular weight excluding hydrogens is 314 g/mol. The molecule has 0 bridgehead atoms. The Morgan fingerprint density at radius 2 is 1.68 bits per heavy atom. The molecule has 0 saturated carbocycles. The second kappa shape index (κ2) is 7.94. The van der Waals surface area contributed by atoms with Crippen molar-refractivity contribution in [3.05, 3.63) is 66.1 Å². The lowest BCUT2D eigenvalue weighted by molar-refractivity contribution is 0.184. The van der Waals surface area contributed by atoms with Crippen molar-refractivity contribution < 1.29 is 9.15 Å². The normalized spacial score (nSPS) is 11.2. The van der Waals surface area contributed by atoms with Gasteiger partial charge in [-0.15, -0.1) is 10.2 Å². The highest BCUT2D eigenvalue weighted by atomic mass is 16.5. The van der Waals surface area contributed by atoms with Crippen LogP contribution in [-0.2, 0) is 13.1 Å². The molecule has 0 unspecified atom stereocenters. The molecule has 0 fully saturated rings. The number of ether oxygens (including phenoxy) is 1. The van der Waals surface area contributed by atoms with Crippen molar-refractivity contribution in [3.63, 3.8) is 0 Å². The molecule has 0 spiro atoms. The molecule has 130 valence electrons. The molecular formula is C20H23N3O2. The predicted molar refractivity (Wildman–Crippen MR) is 97.1 cm³/mol. The smallest absolute Gasteiger partial charge is 0.251 e. The van der Waals surface area contributed by atoms with Crippen molar-refractivity contribution in [1.29, 1.82) is 0 Å². The molecule has 5 nitrogen and oxygen atoms in total. The average Bonchev–Trinajstić information content (AvgIpc) is 3.10. The van der Waals surface area contributed by atoms with E-state index >= 15 is 0 Å². The minimum absolute atomic E-state index is 0.363. The number of aromatic nitrogens is 2. The number of methoxy groups -OCH3 is 1. The second-order valence-corrected chi connectivity index (χ2v) is 6.19. The van der Waals surface area contributed by atoms with Crippen molar-refractivity contribution in [3.8, 4) is 17.2 Å². The third-order valence-electron chi connectivity index (χ3n) is 4.10. The highest BCUT2D eigenvalue weighted by Crippen LogP contribution is 2.28. The first-order valence-corrected chi connectivity index (χ1v) is 8.41. The summed E-state index contributed by atoms with van der Waals surface area (Å²) in [7, 11) is 1.64. The van der Waals surface area contributed by atoms with Crippen LogP contribution in [-0.4, -0.2) is 28.2 Å². The topological polar surface area (TPSA) is 51.4 Å². The Morgan fingerprint density at radius 1 is 0.960 bits per heavy atom. The summed E-state index contributed by atoms with van der Waals surface area (Å²) < 4.78 is 11.3. The van der Waals surface area contributed by atoms with Crippen LogP contribution in [0.15, 0.2) is 59.0 Å². The van der Waals surface area contributed by atoms with Crippen LogP contribution >= 0.6 is 0 Å². The zero-order chi connectivity index (χ0) is 17.6. The Labute approximate surface area is 148 Å². The van der Waals surface area contributed by atoms with E-state index in [0.717, 1.165) is 17.9 Å². The minimum atomic E-state index is 0.363. The maximum absolute atomic E-state index is 5.89. The van der Waals surface area contributed by atoms with E-state index in [9.17, 15) is 0 Å². The lowest BCUT2D eigenvalue weighted by atomic mass is 10.2. The molecule has 0 aliphatic rings. The van der Waals surface area contributed by atoms with E-state index in [1.54, 1.807) is 7.11 Å². The first-order chi connectivity index (χ1) is 12.2. The van der Waals surface area contributed by atoms with E-state index in [0.29, 0.717) is 24.4 Å². The van der Waals surface area contributed by atoms with Gasteiger partial charge in [0.15, 0.2) is 0 Å². The summed E-state index contributed by atoms with van der Waals surface area (Å²) in [4.78, 5) is 2.30. The van der Waals surface area contributed by atoms with Gasteiger partial charge in [0.1, 0.15) is 5.75 Å². The largest absolute Gasteiger partial charge is 0.496 e. The lowest BCUT2D eigenvalue weighted by Gasteiger charge is -2.24. The fourth-order valence-corrected chi connectivity index (χ4v) is 2.66. The van der Waals surface area contributed by atoms with Gasteiger partial charge in [0, 0.05) is 12.6 Å². The Kier molecular flexibility index (Phi) is 5.46. The van der Waals surface area contributed by atoms with E-state index in [-0.39, 0.29) is 0 Å². The summed E-state index contributed by atoms with van der Waals surface area (Å²) >= 11 is 0. The quantitative estimate of drug-likeness (QED) is 0.648. The van der Waals surface area contributed by atoms with Gasteiger partial charge >= 0.3 is 0 Å². The molecule has 0 atom stereocenters. The van der Waals surface area contributed by atoms with Gasteiger partial charge in [0.2, 0.25) is 5.89 Å². The maximum Gasteiger partial charge on any atom is 0.251 e. The van der Waals surface area contributed by atoms with Crippen molar-refractivity contribution >= 4 is 0 Å². The summed E-state index contributed by atoms with van der Waals surface area (Å²) in [5.41, 5.74) is 2.07. The summed E-state index contributed by atoms with van der Waals surface area (Å²) in [6.07, 6.45) is 0. The summed E-state index contributed by atoms with van der Waals surface area (Å²) in [5.74, 6) is 1.81. The van der Waals surface area contributed by atoms with Gasteiger partial charge in [-0.3, -0.25) is 4.90 Å². The molecule has 0 aliphatic heterocycles. The second-order valence-electron chi connectivity index (χ2n) is 6.19. The molecule has 1 heterocycles. The van der Waals surface area contributed by atoms with Crippen molar-refractivity contribution in [1.82, 2.24) is 15.1 Å². The number of hydrogen-bond acceptors (Lipinski definition) is 5. The third kappa shape index (κ3) is 4.25. The monoisotopic (exact) mass is 337 g/mol. The fourth-order valence-electron chi connectivity index (χ4n) is 2.66.